The van der Waals surface area contributed by atoms with Crippen molar-refractivity contribution in [3.8, 4) is 0 Å². The van der Waals surface area contributed by atoms with Gasteiger partial charge in [-0.05, 0) is 6.72 Å². The number of hydrogen-bond acceptors (Lipinski definition) is 3. The first-order chi connectivity index (χ1) is 4.74. The molecule has 4 heteroatoms. The van der Waals surface area contributed by atoms with E-state index in [0.29, 0.717) is 11.4 Å². The van der Waals surface area contributed by atoms with Gasteiger partial charge in [-0.25, -0.2) is 4.98 Å². The van der Waals surface area contributed by atoms with Crippen molar-refractivity contribution >= 4 is 18.1 Å². The molecule has 0 radical (unpaired) electrons. The van der Waals surface area contributed by atoms with E-state index in [1.54, 1.807) is 0 Å². The molecule has 0 aromatic carbocycles. The van der Waals surface area contributed by atoms with Gasteiger partial charge in [-0.15, -0.1) is 0 Å². The highest BCUT2D eigenvalue weighted by atomic mass is 19.1. The summed E-state index contributed by atoms with van der Waals surface area (Å²) in [6.07, 6.45) is 1.21. The number of anilines is 1. The van der Waals surface area contributed by atoms with Crippen LogP contribution in [0.2, 0.25) is 0 Å². The van der Waals surface area contributed by atoms with Gasteiger partial charge < -0.3 is 5.73 Å². The van der Waals surface area contributed by atoms with Gasteiger partial charge in [0.2, 0.25) is 5.95 Å². The Morgan fingerprint density at radius 1 is 1.70 bits per heavy atom. The van der Waals surface area contributed by atoms with Crippen LogP contribution in [0.1, 0.15) is 0 Å². The highest BCUT2D eigenvalue weighted by molar-refractivity contribution is 5.63. The molecule has 2 N–H and O–H groups in total. The summed E-state index contributed by atoms with van der Waals surface area (Å²) in [7, 11) is 0. The van der Waals surface area contributed by atoms with Crippen LogP contribution in [0.3, 0.4) is 0 Å². The lowest BCUT2D eigenvalue weighted by Gasteiger charge is -1.95. The van der Waals surface area contributed by atoms with E-state index in [9.17, 15) is 4.39 Å². The normalized spacial score (nSPS) is 9.30. The fraction of sp³-hybridized carbons (Fsp3) is 0. The lowest BCUT2D eigenvalue weighted by molar-refractivity contribution is 0.584. The van der Waals surface area contributed by atoms with Gasteiger partial charge in [-0.2, -0.15) is 4.39 Å². The molecule has 1 rings (SSSR count). The van der Waals surface area contributed by atoms with E-state index < -0.39 is 5.95 Å². The fourth-order valence-electron chi connectivity index (χ4n) is 0.568. The third-order valence-corrected chi connectivity index (χ3v) is 1.05. The number of nitrogens with two attached hydrogens (primary N) is 1. The second-order valence-corrected chi connectivity index (χ2v) is 1.72. The largest absolute Gasteiger partial charge is 0.396 e. The molecular weight excluding hydrogens is 133 g/mol. The van der Waals surface area contributed by atoms with Crippen molar-refractivity contribution in [2.24, 2.45) is 4.99 Å². The molecular formula is C6H6FN3. The molecule has 0 fully saturated rings. The number of hydrogen-bond donors (Lipinski definition) is 1. The third kappa shape index (κ3) is 1.10. The second kappa shape index (κ2) is 2.43. The summed E-state index contributed by atoms with van der Waals surface area (Å²) < 4.78 is 12.3. The molecule has 3 nitrogen and oxygen atoms in total. The summed E-state index contributed by atoms with van der Waals surface area (Å²) in [5.41, 5.74) is 5.99. The topological polar surface area (TPSA) is 51.3 Å². The maximum atomic E-state index is 12.3. The number of pyridine rings is 1. The molecule has 52 valence electrons. The summed E-state index contributed by atoms with van der Waals surface area (Å²) >= 11 is 0. The zero-order valence-corrected chi connectivity index (χ0v) is 5.21. The van der Waals surface area contributed by atoms with Crippen LogP contribution in [-0.2, 0) is 0 Å². The van der Waals surface area contributed by atoms with Gasteiger partial charge in [-0.1, -0.05) is 0 Å². The Hall–Kier alpha value is -1.45. The van der Waals surface area contributed by atoms with E-state index in [2.05, 4.69) is 16.7 Å². The molecule has 0 aliphatic carbocycles. The first kappa shape index (κ1) is 6.67. The molecule has 0 bridgehead atoms. The summed E-state index contributed by atoms with van der Waals surface area (Å²) in [6.45, 7) is 3.21. The molecule has 0 saturated heterocycles. The van der Waals surface area contributed by atoms with Crippen molar-refractivity contribution in [3.05, 3.63) is 18.2 Å². The van der Waals surface area contributed by atoms with Crippen molar-refractivity contribution in [1.29, 1.82) is 0 Å². The Labute approximate surface area is 57.4 Å². The Morgan fingerprint density at radius 3 is 2.90 bits per heavy atom. The molecule has 0 amide bonds. The van der Waals surface area contributed by atoms with E-state index in [1.165, 1.54) is 6.20 Å². The van der Waals surface area contributed by atoms with Gasteiger partial charge in [0.15, 0.2) is 0 Å². The van der Waals surface area contributed by atoms with Gasteiger partial charge in [0.05, 0.1) is 17.6 Å². The van der Waals surface area contributed by atoms with Gasteiger partial charge in [-0.3, -0.25) is 4.99 Å². The predicted molar refractivity (Wildman–Crippen MR) is 37.8 cm³/mol. The highest BCUT2D eigenvalue weighted by Crippen LogP contribution is 2.19. The number of nitrogens with zero attached hydrogens (tertiary/aromatic N) is 2. The molecule has 0 saturated carbocycles. The van der Waals surface area contributed by atoms with E-state index in [1.807, 2.05) is 0 Å². The quantitative estimate of drug-likeness (QED) is 0.468. The molecule has 0 aliphatic rings. The van der Waals surface area contributed by atoms with Crippen molar-refractivity contribution < 1.29 is 4.39 Å². The minimum Gasteiger partial charge on any atom is -0.396 e. The SMILES string of the molecule is C=Nc1cc(F)ncc1N. The average Bonchev–Trinajstić information content (AvgIpc) is 1.94. The average molecular weight is 139 g/mol. The summed E-state index contributed by atoms with van der Waals surface area (Å²) in [5.74, 6) is -0.600. The van der Waals surface area contributed by atoms with Gasteiger partial charge in [0.25, 0.3) is 0 Å². The van der Waals surface area contributed by atoms with Crippen LogP contribution in [0.4, 0.5) is 15.8 Å². The van der Waals surface area contributed by atoms with Crippen molar-refractivity contribution in [2.45, 2.75) is 0 Å². The summed E-state index contributed by atoms with van der Waals surface area (Å²) in [6, 6.07) is 1.13. The minimum absolute atomic E-state index is 0.326. The van der Waals surface area contributed by atoms with Crippen LogP contribution in [0.25, 0.3) is 0 Å². The molecule has 0 unspecified atom stereocenters. The third-order valence-electron chi connectivity index (χ3n) is 1.05. The van der Waals surface area contributed by atoms with Crippen LogP contribution in [0.15, 0.2) is 17.3 Å². The molecule has 0 aliphatic heterocycles. The Balaban J connectivity index is 3.21. The predicted octanol–water partition coefficient (Wildman–Crippen LogP) is 1.14. The van der Waals surface area contributed by atoms with Crippen molar-refractivity contribution in [3.63, 3.8) is 0 Å². The highest BCUT2D eigenvalue weighted by Gasteiger charge is 1.97. The zero-order chi connectivity index (χ0) is 7.56. The Kier molecular flexibility index (Phi) is 1.62. The Bertz CT molecular complexity index is 259. The maximum absolute atomic E-state index is 12.3. The zero-order valence-electron chi connectivity index (χ0n) is 5.21. The molecule has 10 heavy (non-hydrogen) atoms. The lowest BCUT2D eigenvalue weighted by Crippen LogP contribution is -1.88. The Morgan fingerprint density at radius 2 is 2.40 bits per heavy atom. The van der Waals surface area contributed by atoms with Crippen molar-refractivity contribution in [2.75, 3.05) is 5.73 Å². The van der Waals surface area contributed by atoms with Gasteiger partial charge in [0, 0.05) is 6.07 Å². The second-order valence-electron chi connectivity index (χ2n) is 1.72. The van der Waals surface area contributed by atoms with Crippen LogP contribution in [-0.4, -0.2) is 11.7 Å². The number of nitrogen functional groups attached to an aromatic ring is 1. The smallest absolute Gasteiger partial charge is 0.215 e. The molecule has 0 atom stereocenters. The van der Waals surface area contributed by atoms with Crippen LogP contribution >= 0.6 is 0 Å². The van der Waals surface area contributed by atoms with E-state index in [-0.39, 0.29) is 0 Å². The number of halogens is 1. The minimum atomic E-state index is -0.600. The number of aliphatic imine (C=N–C) groups is 1. The molecule has 0 spiro atoms. The van der Waals surface area contributed by atoms with E-state index in [4.69, 9.17) is 5.73 Å². The van der Waals surface area contributed by atoms with E-state index in [0.717, 1.165) is 6.07 Å². The van der Waals surface area contributed by atoms with Crippen LogP contribution in [0, 0.1) is 5.95 Å². The summed E-state index contributed by atoms with van der Waals surface area (Å²) in [5, 5.41) is 0. The van der Waals surface area contributed by atoms with Crippen molar-refractivity contribution in [1.82, 2.24) is 4.98 Å². The van der Waals surface area contributed by atoms with Gasteiger partial charge in [0.1, 0.15) is 0 Å². The maximum Gasteiger partial charge on any atom is 0.215 e. The summed E-state index contributed by atoms with van der Waals surface area (Å²) in [4.78, 5) is 6.78. The molecule has 1 aromatic heterocycles. The number of aromatic nitrogens is 1. The monoisotopic (exact) mass is 139 g/mol. The molecule has 1 heterocycles. The molecule has 1 aromatic rings. The standard InChI is InChI=1S/C6H6FN3/c1-9-5-2-6(7)10-3-4(5)8/h2-3H,1,8H2. The van der Waals surface area contributed by atoms with Gasteiger partial charge >= 0.3 is 0 Å². The van der Waals surface area contributed by atoms with Crippen LogP contribution in [0.5, 0.6) is 0 Å². The van der Waals surface area contributed by atoms with Crippen LogP contribution < -0.4 is 5.73 Å². The lowest BCUT2D eigenvalue weighted by atomic mass is 10.3. The fourth-order valence-corrected chi connectivity index (χ4v) is 0.568. The number of rotatable bonds is 1. The van der Waals surface area contributed by atoms with E-state index >= 15 is 0 Å². The first-order valence-electron chi connectivity index (χ1n) is 2.62. The first-order valence-corrected chi connectivity index (χ1v) is 2.62.